The fourth-order valence-corrected chi connectivity index (χ4v) is 2.99. The molecule has 22 heavy (non-hydrogen) atoms. The maximum atomic E-state index is 14.0. The summed E-state index contributed by atoms with van der Waals surface area (Å²) in [6.45, 7) is 2.19. The number of aryl methyl sites for hydroxylation is 1. The number of methoxy groups -OCH3 is 1. The number of hydrogen-bond donors (Lipinski definition) is 0. The Morgan fingerprint density at radius 3 is 2.77 bits per heavy atom. The molecule has 0 N–H and O–H groups in total. The fourth-order valence-electron chi connectivity index (χ4n) is 2.16. The lowest BCUT2D eigenvalue weighted by atomic mass is 10.0. The summed E-state index contributed by atoms with van der Waals surface area (Å²) < 4.78 is 32.2. The Kier molecular flexibility index (Phi) is 5.20. The van der Waals surface area contributed by atoms with E-state index in [0.717, 1.165) is 28.9 Å². The van der Waals surface area contributed by atoms with Gasteiger partial charge in [0.15, 0.2) is 0 Å². The number of nitrogens with zero attached hydrogens (tertiary/aromatic N) is 2. The highest BCUT2D eigenvalue weighted by molar-refractivity contribution is 7.09. The Bertz CT molecular complexity index is 675. The molecular formula is C15H16F2N2O2S. The lowest BCUT2D eigenvalue weighted by Crippen LogP contribution is -2.32. The molecule has 2 rings (SSSR count). The zero-order valence-corrected chi connectivity index (χ0v) is 13.3. The van der Waals surface area contributed by atoms with Crippen molar-refractivity contribution < 1.29 is 18.3 Å². The average molecular weight is 326 g/mol. The predicted molar refractivity (Wildman–Crippen MR) is 79.4 cm³/mol. The van der Waals surface area contributed by atoms with E-state index >= 15 is 0 Å². The van der Waals surface area contributed by atoms with Crippen LogP contribution in [-0.4, -0.2) is 30.0 Å². The first-order valence-corrected chi connectivity index (χ1v) is 7.44. The number of aromatic nitrogens is 1. The molecule has 1 aromatic carbocycles. The minimum Gasteiger partial charge on any atom is -0.468 e. The molecule has 0 amide bonds. The topological polar surface area (TPSA) is 42.4 Å². The Morgan fingerprint density at radius 2 is 2.18 bits per heavy atom. The van der Waals surface area contributed by atoms with Crippen molar-refractivity contribution in [1.82, 2.24) is 9.88 Å². The number of hydrogen-bond acceptors (Lipinski definition) is 5. The molecule has 0 saturated heterocycles. The molecule has 1 atom stereocenters. The van der Waals surface area contributed by atoms with Crippen LogP contribution in [0, 0.1) is 18.6 Å². The van der Waals surface area contributed by atoms with Gasteiger partial charge >= 0.3 is 5.97 Å². The van der Waals surface area contributed by atoms with E-state index in [0.29, 0.717) is 6.54 Å². The van der Waals surface area contributed by atoms with Gasteiger partial charge in [0, 0.05) is 16.6 Å². The number of rotatable bonds is 5. The Labute approximate surface area is 131 Å². The lowest BCUT2D eigenvalue weighted by Gasteiger charge is -2.25. The van der Waals surface area contributed by atoms with E-state index in [9.17, 15) is 13.6 Å². The molecule has 0 radical (unpaired) electrons. The third-order valence-corrected chi connectivity index (χ3v) is 4.12. The second-order valence-corrected chi connectivity index (χ2v) is 5.83. The van der Waals surface area contributed by atoms with Crippen LogP contribution in [0.1, 0.15) is 22.3 Å². The smallest absolute Gasteiger partial charge is 0.327 e. The molecule has 2 aromatic rings. The van der Waals surface area contributed by atoms with Crippen LogP contribution in [0.4, 0.5) is 8.78 Å². The van der Waals surface area contributed by atoms with Gasteiger partial charge in [-0.2, -0.15) is 0 Å². The van der Waals surface area contributed by atoms with Crippen LogP contribution >= 0.6 is 11.3 Å². The molecule has 0 aliphatic rings. The van der Waals surface area contributed by atoms with Crippen molar-refractivity contribution in [3.8, 4) is 0 Å². The first-order valence-electron chi connectivity index (χ1n) is 6.56. The Morgan fingerprint density at radius 1 is 1.45 bits per heavy atom. The van der Waals surface area contributed by atoms with Gasteiger partial charge in [-0.1, -0.05) is 0 Å². The fraction of sp³-hybridized carbons (Fsp3) is 0.333. The minimum atomic E-state index is -1.04. The maximum Gasteiger partial charge on any atom is 0.327 e. The second kappa shape index (κ2) is 6.93. The van der Waals surface area contributed by atoms with E-state index in [4.69, 9.17) is 4.74 Å². The van der Waals surface area contributed by atoms with E-state index in [1.807, 2.05) is 12.3 Å². The molecule has 1 aromatic heterocycles. The Balaban J connectivity index is 2.33. The van der Waals surface area contributed by atoms with Crippen LogP contribution in [0.5, 0.6) is 0 Å². The van der Waals surface area contributed by atoms with Gasteiger partial charge < -0.3 is 4.74 Å². The summed E-state index contributed by atoms with van der Waals surface area (Å²) in [6, 6.07) is 1.99. The van der Waals surface area contributed by atoms with Crippen LogP contribution in [0.15, 0.2) is 23.6 Å². The van der Waals surface area contributed by atoms with Crippen molar-refractivity contribution in [3.63, 3.8) is 0 Å². The first kappa shape index (κ1) is 16.5. The van der Waals surface area contributed by atoms with Crippen LogP contribution in [0.25, 0.3) is 0 Å². The van der Waals surface area contributed by atoms with Gasteiger partial charge in [-0.15, -0.1) is 11.3 Å². The van der Waals surface area contributed by atoms with E-state index in [1.54, 1.807) is 11.9 Å². The van der Waals surface area contributed by atoms with Crippen molar-refractivity contribution in [1.29, 1.82) is 0 Å². The van der Waals surface area contributed by atoms with Crippen molar-refractivity contribution >= 4 is 17.3 Å². The molecule has 0 aliphatic heterocycles. The van der Waals surface area contributed by atoms with Crippen LogP contribution < -0.4 is 0 Å². The third kappa shape index (κ3) is 3.66. The lowest BCUT2D eigenvalue weighted by molar-refractivity contribution is -0.147. The van der Waals surface area contributed by atoms with Gasteiger partial charge in [-0.05, 0) is 32.2 Å². The molecule has 0 bridgehead atoms. The van der Waals surface area contributed by atoms with Crippen molar-refractivity contribution in [2.24, 2.45) is 0 Å². The van der Waals surface area contributed by atoms with Crippen molar-refractivity contribution in [2.75, 3.05) is 14.2 Å². The van der Waals surface area contributed by atoms with Crippen molar-refractivity contribution in [2.45, 2.75) is 19.5 Å². The summed E-state index contributed by atoms with van der Waals surface area (Å²) in [7, 11) is 2.86. The SMILES string of the molecule is COC(=O)C(c1cc(F)ccc1F)N(C)Cc1nc(C)cs1. The molecule has 0 saturated carbocycles. The van der Waals surface area contributed by atoms with Gasteiger partial charge in [0.1, 0.15) is 22.7 Å². The molecule has 0 fully saturated rings. The number of carbonyl (C=O) groups is 1. The molecule has 0 aliphatic carbocycles. The highest BCUT2D eigenvalue weighted by Gasteiger charge is 2.29. The molecular weight excluding hydrogens is 310 g/mol. The summed E-state index contributed by atoms with van der Waals surface area (Å²) in [5.74, 6) is -1.91. The van der Waals surface area contributed by atoms with Crippen LogP contribution in [0.3, 0.4) is 0 Å². The maximum absolute atomic E-state index is 14.0. The summed E-state index contributed by atoms with van der Waals surface area (Å²) in [5, 5.41) is 2.67. The van der Waals surface area contributed by atoms with Gasteiger partial charge in [0.25, 0.3) is 0 Å². The number of halogens is 2. The minimum absolute atomic E-state index is 0.0531. The molecule has 7 heteroatoms. The van der Waals surface area contributed by atoms with E-state index in [1.165, 1.54) is 18.4 Å². The largest absolute Gasteiger partial charge is 0.468 e. The summed E-state index contributed by atoms with van der Waals surface area (Å²) in [5.41, 5.74) is 0.822. The van der Waals surface area contributed by atoms with Gasteiger partial charge in [-0.25, -0.2) is 18.6 Å². The standard InChI is InChI=1S/C15H16F2N2O2S/c1-9-8-22-13(18-9)7-19(2)14(15(20)21-3)11-6-10(16)4-5-12(11)17/h4-6,8,14H,7H2,1-3H3. The van der Waals surface area contributed by atoms with Gasteiger partial charge in [-0.3, -0.25) is 4.90 Å². The number of likely N-dealkylation sites (N-methyl/N-ethyl adjacent to an activating group) is 1. The molecule has 1 unspecified atom stereocenters. The van der Waals surface area contributed by atoms with Gasteiger partial charge in [0.2, 0.25) is 0 Å². The number of carbonyl (C=O) groups excluding carboxylic acids is 1. The Hall–Kier alpha value is -1.86. The molecule has 118 valence electrons. The number of benzene rings is 1. The van der Waals surface area contributed by atoms with E-state index in [2.05, 4.69) is 4.98 Å². The highest BCUT2D eigenvalue weighted by Crippen LogP contribution is 2.26. The summed E-state index contributed by atoms with van der Waals surface area (Å²) in [6.07, 6.45) is 0. The van der Waals surface area contributed by atoms with Crippen molar-refractivity contribution in [3.05, 3.63) is 51.5 Å². The molecule has 4 nitrogen and oxygen atoms in total. The predicted octanol–water partition coefficient (Wildman–Crippen LogP) is 3.08. The number of thiazole rings is 1. The van der Waals surface area contributed by atoms with E-state index in [-0.39, 0.29) is 5.56 Å². The quantitative estimate of drug-likeness (QED) is 0.792. The molecule has 1 heterocycles. The summed E-state index contributed by atoms with van der Waals surface area (Å²) in [4.78, 5) is 17.9. The van der Waals surface area contributed by atoms with E-state index < -0.39 is 23.6 Å². The van der Waals surface area contributed by atoms with Crippen LogP contribution in [0.2, 0.25) is 0 Å². The first-order chi connectivity index (χ1) is 10.4. The monoisotopic (exact) mass is 326 g/mol. The normalized spacial score (nSPS) is 12.5. The number of ether oxygens (including phenoxy) is 1. The number of esters is 1. The molecule has 0 spiro atoms. The average Bonchev–Trinajstić information content (AvgIpc) is 2.87. The van der Waals surface area contributed by atoms with Gasteiger partial charge in [0.05, 0.1) is 13.7 Å². The zero-order valence-electron chi connectivity index (χ0n) is 12.5. The second-order valence-electron chi connectivity index (χ2n) is 4.89. The summed E-state index contributed by atoms with van der Waals surface area (Å²) >= 11 is 1.44. The highest BCUT2D eigenvalue weighted by atomic mass is 32.1. The zero-order chi connectivity index (χ0) is 16.3. The third-order valence-electron chi connectivity index (χ3n) is 3.17. The van der Waals surface area contributed by atoms with Crippen LogP contribution in [-0.2, 0) is 16.1 Å².